The van der Waals surface area contributed by atoms with E-state index in [4.69, 9.17) is 16.6 Å². The summed E-state index contributed by atoms with van der Waals surface area (Å²) < 4.78 is 0. The highest BCUT2D eigenvalue weighted by molar-refractivity contribution is 6.31. The first kappa shape index (κ1) is 15.1. The van der Waals surface area contributed by atoms with Crippen molar-refractivity contribution in [2.45, 2.75) is 19.4 Å². The number of fused-ring (bicyclic) bond motifs is 1. The molecule has 0 radical (unpaired) electrons. The van der Waals surface area contributed by atoms with Crippen LogP contribution in [0.1, 0.15) is 12.1 Å². The van der Waals surface area contributed by atoms with Gasteiger partial charge in [-0.05, 0) is 37.6 Å². The molecule has 6 nitrogen and oxygen atoms in total. The highest BCUT2D eigenvalue weighted by atomic mass is 35.5. The highest BCUT2D eigenvalue weighted by Crippen LogP contribution is 2.23. The predicted octanol–water partition coefficient (Wildman–Crippen LogP) is 3.07. The summed E-state index contributed by atoms with van der Waals surface area (Å²) >= 11 is 5.99. The van der Waals surface area contributed by atoms with Gasteiger partial charge in [-0.3, -0.25) is 4.98 Å². The quantitative estimate of drug-likeness (QED) is 0.790. The Hall–Kier alpha value is -2.47. The smallest absolute Gasteiger partial charge is 0.223 e. The first-order valence-electron chi connectivity index (χ1n) is 7.91. The zero-order valence-electron chi connectivity index (χ0n) is 13.3. The number of benzene rings is 1. The average molecular weight is 341 g/mol. The van der Waals surface area contributed by atoms with Gasteiger partial charge in [0.1, 0.15) is 5.82 Å². The molecule has 1 aliphatic heterocycles. The molecule has 1 aromatic carbocycles. The van der Waals surface area contributed by atoms with Gasteiger partial charge in [0.2, 0.25) is 5.95 Å². The van der Waals surface area contributed by atoms with Crippen LogP contribution in [0.25, 0.3) is 11.0 Å². The fraction of sp³-hybridized carbons (Fsp3) is 0.294. The third-order valence-electron chi connectivity index (χ3n) is 4.13. The van der Waals surface area contributed by atoms with E-state index < -0.39 is 0 Å². The van der Waals surface area contributed by atoms with E-state index in [1.165, 1.54) is 0 Å². The minimum atomic E-state index is 0.300. The number of aromatic nitrogens is 4. The van der Waals surface area contributed by atoms with E-state index >= 15 is 0 Å². The lowest BCUT2D eigenvalue weighted by Crippen LogP contribution is -2.27. The van der Waals surface area contributed by atoms with Crippen molar-refractivity contribution in [1.82, 2.24) is 19.9 Å². The molecule has 1 fully saturated rings. The number of hydrogen-bond donors (Lipinski definition) is 1. The summed E-state index contributed by atoms with van der Waals surface area (Å²) in [4.78, 5) is 20.1. The maximum atomic E-state index is 5.99. The third kappa shape index (κ3) is 3.10. The van der Waals surface area contributed by atoms with Crippen molar-refractivity contribution in [2.24, 2.45) is 0 Å². The fourth-order valence-electron chi connectivity index (χ4n) is 2.91. The molecule has 0 saturated carbocycles. The Morgan fingerprint density at radius 1 is 1.17 bits per heavy atom. The van der Waals surface area contributed by atoms with Crippen molar-refractivity contribution in [3.63, 3.8) is 0 Å². The molecule has 4 rings (SSSR count). The molecule has 0 amide bonds. The highest BCUT2D eigenvalue weighted by Gasteiger charge is 2.24. The van der Waals surface area contributed by atoms with E-state index in [2.05, 4.69) is 25.2 Å². The molecule has 1 unspecified atom stereocenters. The lowest BCUT2D eigenvalue weighted by atomic mass is 10.3. The summed E-state index contributed by atoms with van der Waals surface area (Å²) in [6, 6.07) is 7.77. The second-order valence-corrected chi connectivity index (χ2v) is 6.40. The van der Waals surface area contributed by atoms with Crippen molar-refractivity contribution in [3.05, 3.63) is 47.4 Å². The van der Waals surface area contributed by atoms with Crippen LogP contribution in [0.15, 0.2) is 36.7 Å². The number of nitrogens with zero attached hydrogens (tertiary/aromatic N) is 5. The molecule has 0 spiro atoms. The summed E-state index contributed by atoms with van der Waals surface area (Å²) in [6.07, 6.45) is 4.60. The lowest BCUT2D eigenvalue weighted by Gasteiger charge is -2.18. The van der Waals surface area contributed by atoms with Crippen LogP contribution in [0, 0.1) is 6.92 Å². The molecular formula is C17H17ClN6. The van der Waals surface area contributed by atoms with E-state index in [1.807, 2.05) is 37.4 Å². The monoisotopic (exact) mass is 340 g/mol. The van der Waals surface area contributed by atoms with Crippen LogP contribution >= 0.6 is 11.6 Å². The molecule has 1 N–H and O–H groups in total. The summed E-state index contributed by atoms with van der Waals surface area (Å²) in [7, 11) is 0. The number of hydrogen-bond acceptors (Lipinski definition) is 6. The summed E-state index contributed by atoms with van der Waals surface area (Å²) in [6.45, 7) is 3.74. The summed E-state index contributed by atoms with van der Waals surface area (Å²) in [5.74, 6) is 1.57. The molecule has 3 heterocycles. The van der Waals surface area contributed by atoms with E-state index in [0.29, 0.717) is 17.0 Å². The molecule has 1 saturated heterocycles. The Labute approximate surface area is 144 Å². The Bertz CT molecular complexity index is 884. The van der Waals surface area contributed by atoms with Crippen LogP contribution in [0.5, 0.6) is 0 Å². The Balaban J connectivity index is 1.49. The van der Waals surface area contributed by atoms with Crippen molar-refractivity contribution >= 4 is 34.4 Å². The maximum Gasteiger partial charge on any atom is 0.223 e. The summed E-state index contributed by atoms with van der Waals surface area (Å²) in [5.41, 5.74) is 2.63. The number of aryl methyl sites for hydroxylation is 1. The van der Waals surface area contributed by atoms with E-state index in [-0.39, 0.29) is 0 Å². The molecule has 3 aromatic rings. The Kier molecular flexibility index (Phi) is 3.90. The second kappa shape index (κ2) is 6.20. The van der Waals surface area contributed by atoms with Gasteiger partial charge in [-0.15, -0.1) is 0 Å². The summed E-state index contributed by atoms with van der Waals surface area (Å²) in [5, 5.41) is 4.07. The van der Waals surface area contributed by atoms with Crippen molar-refractivity contribution in [2.75, 3.05) is 23.3 Å². The minimum absolute atomic E-state index is 0.300. The van der Waals surface area contributed by atoms with Gasteiger partial charge in [0.05, 0.1) is 17.2 Å². The largest absolute Gasteiger partial charge is 0.353 e. The molecule has 0 aliphatic carbocycles. The number of rotatable bonds is 3. The van der Waals surface area contributed by atoms with Gasteiger partial charge in [0.15, 0.2) is 0 Å². The molecule has 122 valence electrons. The minimum Gasteiger partial charge on any atom is -0.353 e. The van der Waals surface area contributed by atoms with E-state index in [1.54, 1.807) is 6.20 Å². The molecular weight excluding hydrogens is 324 g/mol. The Morgan fingerprint density at radius 3 is 2.96 bits per heavy atom. The molecule has 2 aromatic heterocycles. The van der Waals surface area contributed by atoms with E-state index in [9.17, 15) is 0 Å². The zero-order valence-corrected chi connectivity index (χ0v) is 14.0. The molecule has 7 heteroatoms. The standard InChI is InChI=1S/C17H17ClN6/c1-11-4-6-19-17(21-11)22-13-5-7-24(10-13)16-9-20-15-8-12(18)2-3-14(15)23-16/h2-4,6,8-9,13H,5,7,10H2,1H3,(H,19,21,22). The second-order valence-electron chi connectivity index (χ2n) is 5.96. The van der Waals surface area contributed by atoms with Crippen LogP contribution in [0.4, 0.5) is 11.8 Å². The Morgan fingerprint density at radius 2 is 2.08 bits per heavy atom. The predicted molar refractivity (Wildman–Crippen MR) is 95.6 cm³/mol. The van der Waals surface area contributed by atoms with Crippen molar-refractivity contribution < 1.29 is 0 Å². The molecule has 1 aliphatic rings. The normalized spacial score (nSPS) is 17.4. The van der Waals surface area contributed by atoms with Gasteiger partial charge in [0.25, 0.3) is 0 Å². The van der Waals surface area contributed by atoms with Crippen LogP contribution in [0.2, 0.25) is 5.02 Å². The van der Waals surface area contributed by atoms with Crippen LogP contribution in [-0.4, -0.2) is 39.1 Å². The zero-order chi connectivity index (χ0) is 16.5. The number of nitrogens with one attached hydrogen (secondary N) is 1. The average Bonchev–Trinajstić information content (AvgIpc) is 3.03. The van der Waals surface area contributed by atoms with Crippen LogP contribution in [0.3, 0.4) is 0 Å². The van der Waals surface area contributed by atoms with E-state index in [0.717, 1.165) is 42.1 Å². The fourth-order valence-corrected chi connectivity index (χ4v) is 3.08. The van der Waals surface area contributed by atoms with Gasteiger partial charge in [-0.1, -0.05) is 11.6 Å². The van der Waals surface area contributed by atoms with Crippen molar-refractivity contribution in [3.8, 4) is 0 Å². The molecule has 1 atom stereocenters. The van der Waals surface area contributed by atoms with Crippen molar-refractivity contribution in [1.29, 1.82) is 0 Å². The third-order valence-corrected chi connectivity index (χ3v) is 4.37. The topological polar surface area (TPSA) is 66.8 Å². The number of halogens is 1. The number of anilines is 2. The van der Waals surface area contributed by atoms with Gasteiger partial charge >= 0.3 is 0 Å². The van der Waals surface area contributed by atoms with Crippen LogP contribution in [-0.2, 0) is 0 Å². The van der Waals surface area contributed by atoms with Gasteiger partial charge in [-0.25, -0.2) is 15.0 Å². The maximum absolute atomic E-state index is 5.99. The molecule has 0 bridgehead atoms. The first-order valence-corrected chi connectivity index (χ1v) is 8.28. The molecule has 24 heavy (non-hydrogen) atoms. The first-order chi connectivity index (χ1) is 11.7. The van der Waals surface area contributed by atoms with Crippen LogP contribution < -0.4 is 10.2 Å². The van der Waals surface area contributed by atoms with Gasteiger partial charge < -0.3 is 10.2 Å². The van der Waals surface area contributed by atoms with Gasteiger partial charge in [0, 0.05) is 36.0 Å². The lowest BCUT2D eigenvalue weighted by molar-refractivity contribution is 0.789. The van der Waals surface area contributed by atoms with Gasteiger partial charge in [-0.2, -0.15) is 0 Å². The SMILES string of the molecule is Cc1ccnc(NC2CCN(c3cnc4cc(Cl)ccc4n3)C2)n1.